The van der Waals surface area contributed by atoms with E-state index in [1.807, 2.05) is 59.5 Å². The molecule has 1 saturated carbocycles. The quantitative estimate of drug-likeness (QED) is 0.276. The molecular weight excluding hydrogens is 544 g/mol. The van der Waals surface area contributed by atoms with Crippen LogP contribution in [0.2, 0.25) is 0 Å². The lowest BCUT2D eigenvalue weighted by Gasteiger charge is -2.32. The van der Waals surface area contributed by atoms with Crippen molar-refractivity contribution in [2.24, 2.45) is 0 Å². The summed E-state index contributed by atoms with van der Waals surface area (Å²) in [6, 6.07) is 26.0. The van der Waals surface area contributed by atoms with Gasteiger partial charge in [-0.1, -0.05) is 95.5 Å². The fraction of sp³-hybridized carbons (Fsp3) is 0.355. The van der Waals surface area contributed by atoms with Crippen molar-refractivity contribution in [3.8, 4) is 0 Å². The smallest absolute Gasteiger partial charge is 0.243 e. The van der Waals surface area contributed by atoms with Gasteiger partial charge in [0.05, 0.1) is 5.75 Å². The summed E-state index contributed by atoms with van der Waals surface area (Å²) in [5.74, 6) is 1.02. The van der Waals surface area contributed by atoms with Gasteiger partial charge >= 0.3 is 0 Å². The minimum Gasteiger partial charge on any atom is -0.352 e. The average molecular weight is 580 g/mol. The van der Waals surface area contributed by atoms with Crippen LogP contribution in [0.1, 0.15) is 47.9 Å². The number of rotatable bonds is 11. The summed E-state index contributed by atoms with van der Waals surface area (Å²) in [6.07, 6.45) is 4.81. The molecule has 0 aromatic heterocycles. The Balaban J connectivity index is 1.56. The van der Waals surface area contributed by atoms with Crippen LogP contribution in [-0.2, 0) is 28.3 Å². The highest BCUT2D eigenvalue weighted by atomic mass is 79.9. The molecule has 37 heavy (non-hydrogen) atoms. The molecule has 3 aromatic rings. The topological polar surface area (TPSA) is 49.4 Å². The van der Waals surface area contributed by atoms with Gasteiger partial charge in [0.25, 0.3) is 0 Å². The van der Waals surface area contributed by atoms with Crippen molar-refractivity contribution >= 4 is 39.5 Å². The number of amides is 2. The summed E-state index contributed by atoms with van der Waals surface area (Å²) >= 11 is 5.07. The summed E-state index contributed by atoms with van der Waals surface area (Å²) in [7, 11) is 0. The summed E-state index contributed by atoms with van der Waals surface area (Å²) < 4.78 is 1.04. The predicted molar refractivity (Wildman–Crippen MR) is 156 cm³/mol. The summed E-state index contributed by atoms with van der Waals surface area (Å²) in [4.78, 5) is 29.3. The van der Waals surface area contributed by atoms with Gasteiger partial charge in [0, 0.05) is 29.2 Å². The van der Waals surface area contributed by atoms with Crippen LogP contribution in [0.15, 0.2) is 83.3 Å². The van der Waals surface area contributed by atoms with Crippen molar-refractivity contribution in [3.05, 3.63) is 106 Å². The predicted octanol–water partition coefficient (Wildman–Crippen LogP) is 6.69. The zero-order chi connectivity index (χ0) is 26.0. The first-order valence-corrected chi connectivity index (χ1v) is 14.9. The number of thioether (sulfide) groups is 1. The van der Waals surface area contributed by atoms with E-state index in [2.05, 4.69) is 52.4 Å². The molecule has 1 aliphatic rings. The molecule has 4 nitrogen and oxygen atoms in total. The summed E-state index contributed by atoms with van der Waals surface area (Å²) in [5, 5.41) is 3.28. The number of nitrogens with zero attached hydrogens (tertiary/aromatic N) is 1. The fourth-order valence-corrected chi connectivity index (χ4v) is 5.95. The minimum absolute atomic E-state index is 0.00660. The maximum Gasteiger partial charge on any atom is 0.243 e. The van der Waals surface area contributed by atoms with E-state index in [4.69, 9.17) is 0 Å². The number of carbonyl (C=O) groups excluding carboxylic acids is 2. The molecule has 1 N–H and O–H groups in total. The Labute approximate surface area is 233 Å². The molecule has 194 valence electrons. The van der Waals surface area contributed by atoms with Crippen LogP contribution in [0, 0.1) is 6.92 Å². The van der Waals surface area contributed by atoms with Crippen molar-refractivity contribution in [1.82, 2.24) is 10.2 Å². The van der Waals surface area contributed by atoms with E-state index >= 15 is 0 Å². The molecule has 2 amide bonds. The lowest BCUT2D eigenvalue weighted by Crippen LogP contribution is -2.52. The molecule has 4 rings (SSSR count). The van der Waals surface area contributed by atoms with E-state index in [0.29, 0.717) is 18.7 Å². The molecule has 0 radical (unpaired) electrons. The Bertz CT molecular complexity index is 1160. The maximum atomic E-state index is 13.8. The van der Waals surface area contributed by atoms with Crippen molar-refractivity contribution in [2.45, 2.75) is 63.4 Å². The monoisotopic (exact) mass is 578 g/mol. The van der Waals surface area contributed by atoms with Gasteiger partial charge in [0.1, 0.15) is 6.04 Å². The number of nitrogens with one attached hydrogen (secondary N) is 1. The number of benzene rings is 3. The Hall–Kier alpha value is -2.57. The van der Waals surface area contributed by atoms with Gasteiger partial charge in [-0.2, -0.15) is 0 Å². The molecule has 1 fully saturated rings. The third-order valence-corrected chi connectivity index (χ3v) is 8.50. The van der Waals surface area contributed by atoms with Crippen LogP contribution in [0.5, 0.6) is 0 Å². The standard InChI is InChI=1S/C31H35BrN2O2S/c1-23-9-5-6-12-26(23)20-34(30(35)22-37-21-25-15-17-27(32)18-16-25)29(19-24-10-3-2-4-11-24)31(36)33-28-13-7-8-14-28/h2-6,9-12,15-18,28-29H,7-8,13-14,19-22H2,1H3,(H,33,36). The first-order chi connectivity index (χ1) is 18.0. The lowest BCUT2D eigenvalue weighted by atomic mass is 10.0. The van der Waals surface area contributed by atoms with Crippen molar-refractivity contribution in [3.63, 3.8) is 0 Å². The number of hydrogen-bond donors (Lipinski definition) is 1. The van der Waals surface area contributed by atoms with E-state index in [0.717, 1.165) is 52.6 Å². The van der Waals surface area contributed by atoms with Gasteiger partial charge in [0.2, 0.25) is 11.8 Å². The van der Waals surface area contributed by atoms with E-state index in [9.17, 15) is 9.59 Å². The first-order valence-electron chi connectivity index (χ1n) is 13.0. The van der Waals surface area contributed by atoms with Crippen LogP contribution in [-0.4, -0.2) is 34.6 Å². The minimum atomic E-state index is -0.566. The molecule has 0 heterocycles. The molecule has 0 aliphatic heterocycles. The van der Waals surface area contributed by atoms with E-state index < -0.39 is 6.04 Å². The van der Waals surface area contributed by atoms with Gasteiger partial charge < -0.3 is 10.2 Å². The fourth-order valence-electron chi connectivity index (χ4n) is 4.81. The Kier molecular flexibility index (Phi) is 10.3. The Morgan fingerprint density at radius 1 is 0.946 bits per heavy atom. The van der Waals surface area contributed by atoms with Crippen LogP contribution in [0.4, 0.5) is 0 Å². The molecular formula is C31H35BrN2O2S. The number of halogens is 1. The largest absolute Gasteiger partial charge is 0.352 e. The van der Waals surface area contributed by atoms with Gasteiger partial charge in [-0.15, -0.1) is 11.8 Å². The number of hydrogen-bond acceptors (Lipinski definition) is 3. The molecule has 3 aromatic carbocycles. The van der Waals surface area contributed by atoms with Gasteiger partial charge in [-0.05, 0) is 54.2 Å². The molecule has 1 atom stereocenters. The zero-order valence-corrected chi connectivity index (χ0v) is 23.8. The van der Waals surface area contributed by atoms with Crippen molar-refractivity contribution in [1.29, 1.82) is 0 Å². The Morgan fingerprint density at radius 3 is 2.32 bits per heavy atom. The second kappa shape index (κ2) is 13.8. The second-order valence-corrected chi connectivity index (χ2v) is 11.7. The molecule has 0 saturated heterocycles. The van der Waals surface area contributed by atoms with Crippen LogP contribution < -0.4 is 5.32 Å². The molecule has 1 aliphatic carbocycles. The van der Waals surface area contributed by atoms with Gasteiger partial charge in [-0.25, -0.2) is 0 Å². The van der Waals surface area contributed by atoms with Crippen molar-refractivity contribution < 1.29 is 9.59 Å². The first kappa shape index (κ1) is 27.5. The SMILES string of the molecule is Cc1ccccc1CN(C(=O)CSCc1ccc(Br)cc1)C(Cc1ccccc1)C(=O)NC1CCCC1. The molecule has 0 spiro atoms. The van der Waals surface area contributed by atoms with Crippen molar-refractivity contribution in [2.75, 3.05) is 5.75 Å². The number of aryl methyl sites for hydroxylation is 1. The van der Waals surface area contributed by atoms with E-state index in [1.165, 1.54) is 5.56 Å². The zero-order valence-electron chi connectivity index (χ0n) is 21.4. The van der Waals surface area contributed by atoms with Gasteiger partial charge in [-0.3, -0.25) is 9.59 Å². The molecule has 0 bridgehead atoms. The average Bonchev–Trinajstić information content (AvgIpc) is 3.42. The molecule has 1 unspecified atom stereocenters. The normalized spacial score (nSPS) is 14.3. The third kappa shape index (κ3) is 8.21. The highest BCUT2D eigenvalue weighted by molar-refractivity contribution is 9.10. The van der Waals surface area contributed by atoms with Crippen LogP contribution >= 0.6 is 27.7 Å². The highest BCUT2D eigenvalue weighted by Crippen LogP contribution is 2.22. The third-order valence-electron chi connectivity index (χ3n) is 6.98. The summed E-state index contributed by atoms with van der Waals surface area (Å²) in [5.41, 5.74) is 4.42. The van der Waals surface area contributed by atoms with Crippen LogP contribution in [0.25, 0.3) is 0 Å². The Morgan fingerprint density at radius 2 is 1.62 bits per heavy atom. The summed E-state index contributed by atoms with van der Waals surface area (Å²) in [6.45, 7) is 2.48. The highest BCUT2D eigenvalue weighted by Gasteiger charge is 2.32. The van der Waals surface area contributed by atoms with Crippen LogP contribution in [0.3, 0.4) is 0 Å². The van der Waals surface area contributed by atoms with E-state index in [-0.39, 0.29) is 17.9 Å². The maximum absolute atomic E-state index is 13.8. The second-order valence-electron chi connectivity index (χ2n) is 9.76. The molecule has 6 heteroatoms. The number of carbonyl (C=O) groups is 2. The van der Waals surface area contributed by atoms with Gasteiger partial charge in [0.15, 0.2) is 0 Å². The van der Waals surface area contributed by atoms with E-state index in [1.54, 1.807) is 11.8 Å². The lowest BCUT2D eigenvalue weighted by molar-refractivity contribution is -0.139.